The highest BCUT2D eigenvalue weighted by molar-refractivity contribution is 5.75. The number of unbranched alkanes of at least 4 members (excludes halogenated alkanes) is 1. The lowest BCUT2D eigenvalue weighted by Crippen LogP contribution is -2.40. The summed E-state index contributed by atoms with van der Waals surface area (Å²) in [4.78, 5) is 27.1. The van der Waals surface area contributed by atoms with Gasteiger partial charge in [-0.25, -0.2) is 14.6 Å². The maximum absolute atomic E-state index is 11.8. The standard InChI is InChI=1S/C19H38O5/c1-8-10-11-16(9-2)13-22-24-19(7,12-15(3)4)14-18(5,6)17(20)23-21/h15-16,21H,8-14H2,1-7H3. The van der Waals surface area contributed by atoms with Crippen LogP contribution in [0.3, 0.4) is 0 Å². The van der Waals surface area contributed by atoms with Gasteiger partial charge in [0, 0.05) is 0 Å². The molecule has 0 fully saturated rings. The molecule has 0 aliphatic heterocycles. The fourth-order valence-corrected chi connectivity index (χ4v) is 3.30. The first kappa shape index (κ1) is 23.4. The summed E-state index contributed by atoms with van der Waals surface area (Å²) in [5.74, 6) is 0.223. The fourth-order valence-electron chi connectivity index (χ4n) is 3.30. The maximum Gasteiger partial charge on any atom is 0.347 e. The second-order valence-electron chi connectivity index (χ2n) is 8.27. The molecule has 0 aliphatic carbocycles. The molecule has 0 saturated carbocycles. The molecule has 0 bridgehead atoms. The van der Waals surface area contributed by atoms with Gasteiger partial charge in [0.25, 0.3) is 0 Å². The van der Waals surface area contributed by atoms with E-state index in [4.69, 9.17) is 15.0 Å². The number of rotatable bonds is 13. The summed E-state index contributed by atoms with van der Waals surface area (Å²) >= 11 is 0. The molecule has 144 valence electrons. The number of hydrogen-bond acceptors (Lipinski definition) is 5. The van der Waals surface area contributed by atoms with Gasteiger partial charge in [0.15, 0.2) is 0 Å². The third-order valence-electron chi connectivity index (χ3n) is 4.40. The highest BCUT2D eigenvalue weighted by atomic mass is 17.2. The molecule has 1 N–H and O–H groups in total. The zero-order chi connectivity index (χ0) is 18.8. The van der Waals surface area contributed by atoms with E-state index < -0.39 is 17.0 Å². The zero-order valence-corrected chi connectivity index (χ0v) is 16.7. The van der Waals surface area contributed by atoms with Gasteiger partial charge in [-0.3, -0.25) is 0 Å². The second-order valence-corrected chi connectivity index (χ2v) is 8.27. The van der Waals surface area contributed by atoms with Crippen LogP contribution in [-0.4, -0.2) is 23.4 Å². The van der Waals surface area contributed by atoms with Crippen LogP contribution in [0.2, 0.25) is 0 Å². The van der Waals surface area contributed by atoms with Crippen LogP contribution >= 0.6 is 0 Å². The maximum atomic E-state index is 11.8. The first-order valence-corrected chi connectivity index (χ1v) is 9.26. The average Bonchev–Trinajstić information content (AvgIpc) is 2.48. The molecule has 0 radical (unpaired) electrons. The lowest BCUT2D eigenvalue weighted by atomic mass is 9.78. The number of hydrogen-bond donors (Lipinski definition) is 1. The predicted molar refractivity (Wildman–Crippen MR) is 95.3 cm³/mol. The number of carbonyl (C=O) groups excluding carboxylic acids is 1. The topological polar surface area (TPSA) is 65.0 Å². The Bertz CT molecular complexity index is 354. The Balaban J connectivity index is 4.77. The third kappa shape index (κ3) is 9.00. The van der Waals surface area contributed by atoms with Crippen LogP contribution in [0.5, 0.6) is 0 Å². The molecular weight excluding hydrogens is 308 g/mol. The molecule has 0 heterocycles. The summed E-state index contributed by atoms with van der Waals surface area (Å²) in [6.07, 6.45) is 5.73. The van der Waals surface area contributed by atoms with Gasteiger partial charge in [-0.2, -0.15) is 5.26 Å². The normalized spacial score (nSPS) is 16.0. The molecule has 0 spiro atoms. The van der Waals surface area contributed by atoms with Crippen molar-refractivity contribution in [2.24, 2.45) is 17.3 Å². The molecule has 0 aliphatic rings. The molecule has 0 amide bonds. The Morgan fingerprint density at radius 3 is 2.25 bits per heavy atom. The van der Waals surface area contributed by atoms with Crippen molar-refractivity contribution < 1.29 is 24.7 Å². The van der Waals surface area contributed by atoms with E-state index in [2.05, 4.69) is 32.6 Å². The van der Waals surface area contributed by atoms with E-state index in [9.17, 15) is 4.79 Å². The number of carbonyl (C=O) groups is 1. The predicted octanol–water partition coefficient (Wildman–Crippen LogP) is 5.39. The molecule has 5 nitrogen and oxygen atoms in total. The Labute approximate surface area is 147 Å². The van der Waals surface area contributed by atoms with Gasteiger partial charge >= 0.3 is 5.97 Å². The lowest BCUT2D eigenvalue weighted by Gasteiger charge is -2.35. The van der Waals surface area contributed by atoms with E-state index in [0.717, 1.165) is 19.3 Å². The highest BCUT2D eigenvalue weighted by Gasteiger charge is 2.41. The molecule has 2 atom stereocenters. The highest BCUT2D eigenvalue weighted by Crippen LogP contribution is 2.36. The van der Waals surface area contributed by atoms with E-state index >= 15 is 0 Å². The molecule has 0 rings (SSSR count). The van der Waals surface area contributed by atoms with Gasteiger partial charge in [-0.1, -0.05) is 47.0 Å². The van der Waals surface area contributed by atoms with Crippen LogP contribution in [0.15, 0.2) is 0 Å². The molecule has 0 aromatic rings. The molecule has 0 aromatic heterocycles. The quantitative estimate of drug-likeness (QED) is 0.358. The molecule has 5 heteroatoms. The molecule has 0 aromatic carbocycles. The van der Waals surface area contributed by atoms with E-state index in [1.54, 1.807) is 13.8 Å². The summed E-state index contributed by atoms with van der Waals surface area (Å²) in [5.41, 5.74) is -1.47. The first-order chi connectivity index (χ1) is 11.1. The van der Waals surface area contributed by atoms with Crippen LogP contribution < -0.4 is 0 Å². The SMILES string of the molecule is CCCCC(CC)COOC(C)(CC(C)C)CC(C)(C)C(=O)OO. The first-order valence-electron chi connectivity index (χ1n) is 9.26. The van der Waals surface area contributed by atoms with Crippen LogP contribution in [0, 0.1) is 17.3 Å². The molecule has 0 saturated heterocycles. The van der Waals surface area contributed by atoms with Crippen molar-refractivity contribution in [3.63, 3.8) is 0 Å². The van der Waals surface area contributed by atoms with Gasteiger partial charge in [-0.15, -0.1) is 0 Å². The Kier molecular flexibility index (Phi) is 10.8. The van der Waals surface area contributed by atoms with Crippen molar-refractivity contribution in [2.45, 2.75) is 92.6 Å². The largest absolute Gasteiger partial charge is 0.347 e. The van der Waals surface area contributed by atoms with Gasteiger partial charge in [0.2, 0.25) is 0 Å². The zero-order valence-electron chi connectivity index (χ0n) is 16.7. The van der Waals surface area contributed by atoms with E-state index in [0.29, 0.717) is 24.9 Å². The van der Waals surface area contributed by atoms with Crippen molar-refractivity contribution in [3.8, 4) is 0 Å². The average molecular weight is 347 g/mol. The van der Waals surface area contributed by atoms with Crippen LogP contribution in [0.4, 0.5) is 0 Å². The summed E-state index contributed by atoms with van der Waals surface area (Å²) < 4.78 is 0. The molecule has 24 heavy (non-hydrogen) atoms. The molecular formula is C19H38O5. The Morgan fingerprint density at radius 1 is 1.17 bits per heavy atom. The van der Waals surface area contributed by atoms with Crippen LogP contribution in [0.25, 0.3) is 0 Å². The minimum atomic E-state index is -0.853. The van der Waals surface area contributed by atoms with Crippen molar-refractivity contribution >= 4 is 5.97 Å². The van der Waals surface area contributed by atoms with Crippen molar-refractivity contribution in [1.29, 1.82) is 0 Å². The van der Waals surface area contributed by atoms with Gasteiger partial charge in [-0.05, 0) is 51.9 Å². The lowest BCUT2D eigenvalue weighted by molar-refractivity contribution is -0.370. The molecule has 2 unspecified atom stereocenters. The van der Waals surface area contributed by atoms with Crippen molar-refractivity contribution in [1.82, 2.24) is 0 Å². The minimum absolute atomic E-state index is 0.390. The Hall–Kier alpha value is -0.650. The van der Waals surface area contributed by atoms with E-state index in [1.807, 2.05) is 6.92 Å². The summed E-state index contributed by atoms with van der Waals surface area (Å²) in [6.45, 7) is 14.6. The Morgan fingerprint density at radius 2 is 1.79 bits per heavy atom. The van der Waals surface area contributed by atoms with Crippen molar-refractivity contribution in [3.05, 3.63) is 0 Å². The van der Waals surface area contributed by atoms with Gasteiger partial charge in [0.05, 0.1) is 12.0 Å². The smallest absolute Gasteiger partial charge is 0.300 e. The second kappa shape index (κ2) is 11.1. The third-order valence-corrected chi connectivity index (χ3v) is 4.40. The summed E-state index contributed by atoms with van der Waals surface area (Å²) in [6, 6.07) is 0. The summed E-state index contributed by atoms with van der Waals surface area (Å²) in [5, 5.41) is 8.69. The van der Waals surface area contributed by atoms with Gasteiger partial charge < -0.3 is 4.89 Å². The minimum Gasteiger partial charge on any atom is -0.300 e. The van der Waals surface area contributed by atoms with Crippen LogP contribution in [0.1, 0.15) is 87.0 Å². The fraction of sp³-hybridized carbons (Fsp3) is 0.947. The monoisotopic (exact) mass is 346 g/mol. The van der Waals surface area contributed by atoms with E-state index in [1.165, 1.54) is 12.8 Å². The van der Waals surface area contributed by atoms with Crippen LogP contribution in [-0.2, 0) is 19.5 Å². The summed E-state index contributed by atoms with van der Waals surface area (Å²) in [7, 11) is 0. The van der Waals surface area contributed by atoms with Gasteiger partial charge in [0.1, 0.15) is 5.60 Å². The van der Waals surface area contributed by atoms with Crippen molar-refractivity contribution in [2.75, 3.05) is 6.61 Å². The van der Waals surface area contributed by atoms with E-state index in [-0.39, 0.29) is 0 Å².